The number of aryl methyl sites for hydroxylation is 2. The summed E-state index contributed by atoms with van der Waals surface area (Å²) in [5.41, 5.74) is 1.43. The molecule has 0 aliphatic carbocycles. The molecule has 0 bridgehead atoms. The Morgan fingerprint density at radius 1 is 1.19 bits per heavy atom. The van der Waals surface area contributed by atoms with Crippen LogP contribution in [0.3, 0.4) is 0 Å². The van der Waals surface area contributed by atoms with Gasteiger partial charge >= 0.3 is 7.60 Å². The lowest BCUT2D eigenvalue weighted by Crippen LogP contribution is -2.32. The van der Waals surface area contributed by atoms with Gasteiger partial charge in [-0.1, -0.05) is 34.0 Å². The third-order valence-electron chi connectivity index (χ3n) is 5.73. The smallest absolute Gasteiger partial charge is 0.329 e. The van der Waals surface area contributed by atoms with Crippen LogP contribution in [0.1, 0.15) is 48.6 Å². The lowest BCUT2D eigenvalue weighted by Gasteiger charge is -2.20. The highest BCUT2D eigenvalue weighted by molar-refractivity contribution is 9.10. The number of imidazole rings is 1. The van der Waals surface area contributed by atoms with E-state index in [1.807, 2.05) is 24.3 Å². The SMILES string of the molecule is C#CCN(C)C(=O)c1c(N(C=O)CCCCP(=O)(OCC)OCC)nc(CCc2ccc(Br)cc2)n1C. The number of carbonyl (C=O) groups excluding carboxylic acids is 2. The number of nitrogens with zero attached hydrogens (tertiary/aromatic N) is 4. The predicted octanol–water partition coefficient (Wildman–Crippen LogP) is 4.68. The minimum Gasteiger partial charge on any atom is -0.329 e. The molecular weight excluding hydrogens is 559 g/mol. The third-order valence-corrected chi connectivity index (χ3v) is 8.43. The van der Waals surface area contributed by atoms with Crippen molar-refractivity contribution in [3.63, 3.8) is 0 Å². The van der Waals surface area contributed by atoms with Gasteiger partial charge in [0.25, 0.3) is 5.91 Å². The summed E-state index contributed by atoms with van der Waals surface area (Å²) >= 11 is 3.44. The van der Waals surface area contributed by atoms with Gasteiger partial charge in [0.05, 0.1) is 25.9 Å². The van der Waals surface area contributed by atoms with Crippen molar-refractivity contribution in [2.75, 3.05) is 44.4 Å². The molecule has 2 amide bonds. The van der Waals surface area contributed by atoms with Gasteiger partial charge in [-0.15, -0.1) is 6.42 Å². The Bertz CT molecular complexity index is 1120. The van der Waals surface area contributed by atoms with Gasteiger partial charge in [-0.05, 0) is 50.8 Å². The van der Waals surface area contributed by atoms with Crippen molar-refractivity contribution < 1.29 is 23.2 Å². The van der Waals surface area contributed by atoms with E-state index >= 15 is 0 Å². The summed E-state index contributed by atoms with van der Waals surface area (Å²) < 4.78 is 26.1. The van der Waals surface area contributed by atoms with Crippen molar-refractivity contribution in [1.82, 2.24) is 14.5 Å². The lowest BCUT2D eigenvalue weighted by molar-refractivity contribution is -0.107. The van der Waals surface area contributed by atoms with Crippen LogP contribution in [0.2, 0.25) is 0 Å². The number of rotatable bonds is 16. The first-order valence-electron chi connectivity index (χ1n) is 12.3. The molecule has 2 rings (SSSR count). The largest absolute Gasteiger partial charge is 0.330 e. The number of anilines is 1. The molecule has 2 aromatic rings. The maximum Gasteiger partial charge on any atom is 0.330 e. The number of halogens is 1. The number of aromatic nitrogens is 2. The van der Waals surface area contributed by atoms with E-state index in [2.05, 4.69) is 21.9 Å². The summed E-state index contributed by atoms with van der Waals surface area (Å²) in [7, 11) is 0.227. The van der Waals surface area contributed by atoms with E-state index < -0.39 is 7.60 Å². The van der Waals surface area contributed by atoms with Gasteiger partial charge in [0.1, 0.15) is 5.82 Å². The Labute approximate surface area is 228 Å². The molecule has 0 spiro atoms. The quantitative estimate of drug-likeness (QED) is 0.121. The van der Waals surface area contributed by atoms with Crippen LogP contribution in [-0.2, 0) is 38.3 Å². The number of carbonyl (C=O) groups is 2. The van der Waals surface area contributed by atoms with Gasteiger partial charge in [0, 0.05) is 31.5 Å². The van der Waals surface area contributed by atoms with Crippen molar-refractivity contribution in [3.8, 4) is 12.3 Å². The Morgan fingerprint density at radius 2 is 1.84 bits per heavy atom. The molecule has 11 heteroatoms. The monoisotopic (exact) mass is 594 g/mol. The fourth-order valence-electron chi connectivity index (χ4n) is 3.84. The van der Waals surface area contributed by atoms with Crippen LogP contribution in [0.5, 0.6) is 0 Å². The fourth-order valence-corrected chi connectivity index (χ4v) is 5.84. The number of terminal acetylenes is 1. The topological polar surface area (TPSA) is 94.0 Å². The molecular formula is C26H36BrN4O5P. The minimum atomic E-state index is -3.16. The molecule has 0 aliphatic rings. The maximum atomic E-state index is 13.3. The molecule has 0 fully saturated rings. The molecule has 37 heavy (non-hydrogen) atoms. The molecule has 0 radical (unpaired) electrons. The molecule has 0 atom stereocenters. The number of benzene rings is 1. The fraction of sp³-hybridized carbons (Fsp3) is 0.500. The molecule has 0 aliphatic heterocycles. The van der Waals surface area contributed by atoms with Gasteiger partial charge in [0.15, 0.2) is 11.5 Å². The standard InChI is InChI=1S/C26H36BrN4O5P/c1-6-17-29(4)26(33)24-25(28-23(30(24)5)16-13-21-11-14-22(27)15-12-21)31(20-32)18-9-10-19-37(34,35-7-2)36-8-3/h1,11-12,14-15,20H,7-10,13,16-19H2,2-5H3. The van der Waals surface area contributed by atoms with E-state index in [4.69, 9.17) is 20.5 Å². The molecule has 202 valence electrons. The highest BCUT2D eigenvalue weighted by Crippen LogP contribution is 2.48. The number of unbranched alkanes of at least 4 members (excludes halogenated alkanes) is 1. The Kier molecular flexibility index (Phi) is 12.6. The minimum absolute atomic E-state index is 0.128. The van der Waals surface area contributed by atoms with Crippen LogP contribution in [0.25, 0.3) is 0 Å². The zero-order valence-corrected chi connectivity index (χ0v) is 24.5. The average Bonchev–Trinajstić information content (AvgIpc) is 3.19. The van der Waals surface area contributed by atoms with E-state index in [-0.39, 0.29) is 24.4 Å². The third kappa shape index (κ3) is 8.82. The zero-order chi connectivity index (χ0) is 27.4. The van der Waals surface area contributed by atoms with Crippen LogP contribution in [-0.4, -0.2) is 66.3 Å². The molecule has 1 heterocycles. The summed E-state index contributed by atoms with van der Waals surface area (Å²) in [5.74, 6) is 3.12. The van der Waals surface area contributed by atoms with Crippen LogP contribution in [0, 0.1) is 12.3 Å². The molecule has 0 N–H and O–H groups in total. The first kappa shape index (κ1) is 30.8. The number of hydrogen-bond donors (Lipinski definition) is 0. The second-order valence-corrected chi connectivity index (χ2v) is 11.5. The van der Waals surface area contributed by atoms with Crippen molar-refractivity contribution in [1.29, 1.82) is 0 Å². The highest BCUT2D eigenvalue weighted by Gasteiger charge is 2.28. The van der Waals surface area contributed by atoms with Crippen LogP contribution < -0.4 is 4.90 Å². The summed E-state index contributed by atoms with van der Waals surface area (Å²) in [6.07, 6.45) is 8.68. The molecule has 1 aromatic carbocycles. The Balaban J connectivity index is 2.25. The van der Waals surface area contributed by atoms with Crippen molar-refractivity contribution in [2.45, 2.75) is 39.5 Å². The summed E-state index contributed by atoms with van der Waals surface area (Å²) in [6, 6.07) is 8.02. The normalized spacial score (nSPS) is 11.2. The molecule has 0 saturated heterocycles. The first-order valence-corrected chi connectivity index (χ1v) is 14.8. The van der Waals surface area contributed by atoms with Crippen molar-refractivity contribution >= 4 is 41.7 Å². The van der Waals surface area contributed by atoms with E-state index in [0.717, 1.165) is 16.5 Å². The Hall–Kier alpha value is -2.44. The average molecular weight is 595 g/mol. The van der Waals surface area contributed by atoms with Gasteiger partial charge in [-0.2, -0.15) is 0 Å². The van der Waals surface area contributed by atoms with Gasteiger partial charge in [0.2, 0.25) is 6.41 Å². The van der Waals surface area contributed by atoms with E-state index in [9.17, 15) is 14.2 Å². The molecule has 9 nitrogen and oxygen atoms in total. The first-order chi connectivity index (χ1) is 17.7. The highest BCUT2D eigenvalue weighted by atomic mass is 79.9. The number of hydrogen-bond acceptors (Lipinski definition) is 6. The summed E-state index contributed by atoms with van der Waals surface area (Å²) in [4.78, 5) is 32.9. The van der Waals surface area contributed by atoms with E-state index in [0.29, 0.717) is 56.9 Å². The molecule has 1 aromatic heterocycles. The predicted molar refractivity (Wildman–Crippen MR) is 149 cm³/mol. The molecule has 0 saturated carbocycles. The lowest BCUT2D eigenvalue weighted by atomic mass is 10.1. The van der Waals surface area contributed by atoms with E-state index in [1.165, 1.54) is 9.80 Å². The van der Waals surface area contributed by atoms with Gasteiger partial charge < -0.3 is 18.5 Å². The summed E-state index contributed by atoms with van der Waals surface area (Å²) in [6.45, 7) is 4.56. The van der Waals surface area contributed by atoms with Gasteiger partial charge in [-0.25, -0.2) is 4.98 Å². The van der Waals surface area contributed by atoms with Gasteiger partial charge in [-0.3, -0.25) is 19.1 Å². The van der Waals surface area contributed by atoms with E-state index in [1.54, 1.807) is 32.5 Å². The van der Waals surface area contributed by atoms with Crippen LogP contribution in [0.15, 0.2) is 28.7 Å². The molecule has 0 unspecified atom stereocenters. The Morgan fingerprint density at radius 3 is 2.41 bits per heavy atom. The zero-order valence-electron chi connectivity index (χ0n) is 22.0. The summed E-state index contributed by atoms with van der Waals surface area (Å²) in [5, 5.41) is 0. The maximum absolute atomic E-state index is 13.3. The second kappa shape index (κ2) is 15.1. The second-order valence-electron chi connectivity index (χ2n) is 8.43. The van der Waals surface area contributed by atoms with Crippen LogP contribution in [0.4, 0.5) is 5.82 Å². The van der Waals surface area contributed by atoms with Crippen molar-refractivity contribution in [2.24, 2.45) is 7.05 Å². The van der Waals surface area contributed by atoms with Crippen molar-refractivity contribution in [3.05, 3.63) is 45.8 Å². The number of amides is 2. The van der Waals surface area contributed by atoms with Crippen LogP contribution >= 0.6 is 23.5 Å².